The van der Waals surface area contributed by atoms with Crippen molar-refractivity contribution in [1.29, 1.82) is 0 Å². The summed E-state index contributed by atoms with van der Waals surface area (Å²) >= 11 is 0. The molecule has 0 aliphatic rings. The smallest absolute Gasteiger partial charge is 0.305 e. The number of carboxylic acid groups (broad SMARTS) is 1. The molecule has 0 aliphatic heterocycles. The predicted molar refractivity (Wildman–Crippen MR) is 61.8 cm³/mol. The summed E-state index contributed by atoms with van der Waals surface area (Å²) < 4.78 is 0. The minimum Gasteiger partial charge on any atom is -0.481 e. The molecule has 1 unspecified atom stereocenters. The molecule has 0 amide bonds. The standard InChI is InChI=1S/C11H18N2O2/c1-5-6-10(12-4)13-9(8(2)3)7-11(14)15/h5-6,8-9,13H,1,4,7H2,2-3H3,(H,14,15)/b10-6+. The Kier molecular flexibility index (Phi) is 6.09. The van der Waals surface area contributed by atoms with Gasteiger partial charge in [0, 0.05) is 6.04 Å². The lowest BCUT2D eigenvalue weighted by atomic mass is 10.0. The summed E-state index contributed by atoms with van der Waals surface area (Å²) in [6.45, 7) is 10.8. The molecule has 0 saturated carbocycles. The summed E-state index contributed by atoms with van der Waals surface area (Å²) in [5, 5.41) is 11.7. The van der Waals surface area contributed by atoms with Crippen LogP contribution >= 0.6 is 0 Å². The van der Waals surface area contributed by atoms with Crippen LogP contribution in [-0.4, -0.2) is 23.8 Å². The highest BCUT2D eigenvalue weighted by Crippen LogP contribution is 2.08. The van der Waals surface area contributed by atoms with Crippen LogP contribution in [0.4, 0.5) is 0 Å². The summed E-state index contributed by atoms with van der Waals surface area (Å²) in [7, 11) is 0. The number of rotatable bonds is 7. The van der Waals surface area contributed by atoms with Gasteiger partial charge in [0.05, 0.1) is 6.42 Å². The first kappa shape index (κ1) is 13.4. The molecule has 1 atom stereocenters. The number of carboxylic acids is 1. The maximum absolute atomic E-state index is 10.6. The third kappa shape index (κ3) is 5.67. The summed E-state index contributed by atoms with van der Waals surface area (Å²) in [5.74, 6) is -0.0794. The Balaban J connectivity index is 4.51. The predicted octanol–water partition coefficient (Wildman–Crippen LogP) is 1.80. The largest absolute Gasteiger partial charge is 0.481 e. The first-order valence-electron chi connectivity index (χ1n) is 4.79. The van der Waals surface area contributed by atoms with Crippen molar-refractivity contribution in [3.05, 3.63) is 24.6 Å². The van der Waals surface area contributed by atoms with E-state index in [2.05, 4.69) is 23.6 Å². The third-order valence-electron chi connectivity index (χ3n) is 1.98. The van der Waals surface area contributed by atoms with E-state index in [1.165, 1.54) is 0 Å². The molecule has 84 valence electrons. The van der Waals surface area contributed by atoms with E-state index >= 15 is 0 Å². The van der Waals surface area contributed by atoms with Crippen molar-refractivity contribution < 1.29 is 9.90 Å². The van der Waals surface area contributed by atoms with Crippen molar-refractivity contribution in [3.63, 3.8) is 0 Å². The van der Waals surface area contributed by atoms with E-state index < -0.39 is 5.97 Å². The van der Waals surface area contributed by atoms with Crippen LogP contribution in [-0.2, 0) is 4.79 Å². The first-order chi connectivity index (χ1) is 7.01. The Morgan fingerprint density at radius 1 is 1.60 bits per heavy atom. The van der Waals surface area contributed by atoms with Crippen LogP contribution in [0.25, 0.3) is 0 Å². The lowest BCUT2D eigenvalue weighted by Crippen LogP contribution is -2.34. The molecule has 0 saturated heterocycles. The molecule has 0 aromatic carbocycles. The van der Waals surface area contributed by atoms with Gasteiger partial charge in [0.25, 0.3) is 0 Å². The van der Waals surface area contributed by atoms with Gasteiger partial charge in [0.15, 0.2) is 0 Å². The molecule has 0 radical (unpaired) electrons. The summed E-state index contributed by atoms with van der Waals surface area (Å²) in [4.78, 5) is 14.4. The van der Waals surface area contributed by atoms with Gasteiger partial charge in [0.1, 0.15) is 5.82 Å². The normalized spacial score (nSPS) is 13.4. The van der Waals surface area contributed by atoms with Crippen molar-refractivity contribution in [2.24, 2.45) is 10.9 Å². The van der Waals surface area contributed by atoms with Crippen LogP contribution in [0.2, 0.25) is 0 Å². The van der Waals surface area contributed by atoms with E-state index in [9.17, 15) is 4.79 Å². The van der Waals surface area contributed by atoms with Crippen LogP contribution in [0.5, 0.6) is 0 Å². The second-order valence-electron chi connectivity index (χ2n) is 3.54. The summed E-state index contributed by atoms with van der Waals surface area (Å²) in [6, 6.07) is -0.154. The van der Waals surface area contributed by atoms with Gasteiger partial charge in [-0.3, -0.25) is 4.79 Å². The number of hydrogen-bond donors (Lipinski definition) is 2. The highest BCUT2D eigenvalue weighted by Gasteiger charge is 2.17. The zero-order valence-electron chi connectivity index (χ0n) is 9.23. The van der Waals surface area contributed by atoms with E-state index in [0.29, 0.717) is 5.82 Å². The lowest BCUT2D eigenvalue weighted by Gasteiger charge is -2.21. The SMILES string of the molecule is C=C/C=C(\N=C)NC(CC(=O)O)C(C)C. The molecule has 2 N–H and O–H groups in total. The lowest BCUT2D eigenvalue weighted by molar-refractivity contribution is -0.137. The van der Waals surface area contributed by atoms with Crippen molar-refractivity contribution in [3.8, 4) is 0 Å². The maximum Gasteiger partial charge on any atom is 0.305 e. The second kappa shape index (κ2) is 6.81. The van der Waals surface area contributed by atoms with Crippen LogP contribution in [0, 0.1) is 5.92 Å². The number of carbonyl (C=O) groups is 1. The van der Waals surface area contributed by atoms with Crippen LogP contribution < -0.4 is 5.32 Å². The number of aliphatic carboxylic acids is 1. The minimum atomic E-state index is -0.830. The van der Waals surface area contributed by atoms with Crippen molar-refractivity contribution in [2.75, 3.05) is 0 Å². The molecule has 4 nitrogen and oxygen atoms in total. The van der Waals surface area contributed by atoms with Crippen LogP contribution in [0.1, 0.15) is 20.3 Å². The Morgan fingerprint density at radius 2 is 2.20 bits per heavy atom. The fourth-order valence-corrected chi connectivity index (χ4v) is 1.09. The van der Waals surface area contributed by atoms with E-state index in [1.807, 2.05) is 13.8 Å². The average Bonchev–Trinajstić information content (AvgIpc) is 2.14. The number of nitrogens with zero attached hydrogens (tertiary/aromatic N) is 1. The Bertz CT molecular complexity index is 270. The van der Waals surface area contributed by atoms with Gasteiger partial charge in [-0.1, -0.05) is 26.5 Å². The number of hydrogen-bond acceptors (Lipinski definition) is 3. The van der Waals surface area contributed by atoms with Crippen LogP contribution in [0.3, 0.4) is 0 Å². The summed E-state index contributed by atoms with van der Waals surface area (Å²) in [6.07, 6.45) is 3.29. The maximum atomic E-state index is 10.6. The zero-order valence-corrected chi connectivity index (χ0v) is 9.23. The number of nitrogens with one attached hydrogen (secondary N) is 1. The van der Waals surface area contributed by atoms with Gasteiger partial charge in [-0.25, -0.2) is 4.99 Å². The molecule has 0 aliphatic carbocycles. The quantitative estimate of drug-likeness (QED) is 0.497. The van der Waals surface area contributed by atoms with Crippen LogP contribution in [0.15, 0.2) is 29.5 Å². The molecule has 0 heterocycles. The topological polar surface area (TPSA) is 61.7 Å². The Morgan fingerprint density at radius 3 is 2.53 bits per heavy atom. The van der Waals surface area contributed by atoms with E-state index in [1.54, 1.807) is 12.2 Å². The molecule has 4 heteroatoms. The van der Waals surface area contributed by atoms with Gasteiger partial charge >= 0.3 is 5.97 Å². The highest BCUT2D eigenvalue weighted by atomic mass is 16.4. The molecular weight excluding hydrogens is 192 g/mol. The zero-order chi connectivity index (χ0) is 11.8. The van der Waals surface area contributed by atoms with Gasteiger partial charge in [-0.15, -0.1) is 0 Å². The molecular formula is C11H18N2O2. The van der Waals surface area contributed by atoms with Gasteiger partial charge < -0.3 is 10.4 Å². The molecule has 0 bridgehead atoms. The molecule has 0 aromatic rings. The minimum absolute atomic E-state index is 0.0572. The third-order valence-corrected chi connectivity index (χ3v) is 1.98. The molecule has 15 heavy (non-hydrogen) atoms. The monoisotopic (exact) mass is 210 g/mol. The number of allylic oxidation sites excluding steroid dienone is 2. The first-order valence-corrected chi connectivity index (χ1v) is 4.79. The van der Waals surface area contributed by atoms with Crippen molar-refractivity contribution >= 4 is 12.7 Å². The Hall–Kier alpha value is -1.58. The van der Waals surface area contributed by atoms with Crippen molar-refractivity contribution in [1.82, 2.24) is 5.32 Å². The van der Waals surface area contributed by atoms with Gasteiger partial charge in [0.2, 0.25) is 0 Å². The fraction of sp³-hybridized carbons (Fsp3) is 0.455. The van der Waals surface area contributed by atoms with E-state index in [-0.39, 0.29) is 18.4 Å². The Labute approximate surface area is 90.4 Å². The molecule has 0 fully saturated rings. The van der Waals surface area contributed by atoms with Gasteiger partial charge in [-0.2, -0.15) is 0 Å². The average molecular weight is 210 g/mol. The summed E-state index contributed by atoms with van der Waals surface area (Å²) in [5.41, 5.74) is 0. The second-order valence-corrected chi connectivity index (χ2v) is 3.54. The molecule has 0 rings (SSSR count). The van der Waals surface area contributed by atoms with Gasteiger partial charge in [-0.05, 0) is 18.7 Å². The number of aliphatic imine (C=N–C) groups is 1. The molecule has 0 aromatic heterocycles. The molecule has 0 spiro atoms. The van der Waals surface area contributed by atoms with E-state index in [4.69, 9.17) is 5.11 Å². The fourth-order valence-electron chi connectivity index (χ4n) is 1.09. The van der Waals surface area contributed by atoms with E-state index in [0.717, 1.165) is 0 Å². The highest BCUT2D eigenvalue weighted by molar-refractivity contribution is 5.67. The van der Waals surface area contributed by atoms with Crippen molar-refractivity contribution in [2.45, 2.75) is 26.3 Å².